The molecule has 0 aromatic carbocycles. The Hall–Kier alpha value is -2.42. The number of rotatable bonds is 3. The van der Waals surface area contributed by atoms with Crippen molar-refractivity contribution in [1.82, 2.24) is 15.4 Å². The third kappa shape index (κ3) is 5.34. The van der Waals surface area contributed by atoms with E-state index in [4.69, 9.17) is 10.4 Å². The van der Waals surface area contributed by atoms with Crippen LogP contribution in [0.5, 0.6) is 0 Å². The van der Waals surface area contributed by atoms with Crippen LogP contribution in [0.25, 0.3) is 5.43 Å². The molecule has 0 unspecified atom stereocenters. The molecule has 92 valence electrons. The van der Waals surface area contributed by atoms with Gasteiger partial charge in [0.15, 0.2) is 0 Å². The summed E-state index contributed by atoms with van der Waals surface area (Å²) in [5.74, 6) is 2.97. The van der Waals surface area contributed by atoms with Crippen LogP contribution in [0.3, 0.4) is 0 Å². The Kier molecular flexibility index (Phi) is 9.16. The van der Waals surface area contributed by atoms with Gasteiger partial charge in [0.1, 0.15) is 0 Å². The lowest BCUT2D eigenvalue weighted by atomic mass is 10.7. The highest BCUT2D eigenvalue weighted by molar-refractivity contribution is 5.50. The Balaban J connectivity index is 0. The molecular weight excluding hydrogens is 232 g/mol. The average Bonchev–Trinajstić information content (AvgIpc) is 2.71. The molecule has 0 radical (unpaired) electrons. The van der Waals surface area contributed by atoms with Gasteiger partial charge < -0.3 is 20.4 Å². The number of hydrogen-bond donors (Lipinski definition) is 4. The van der Waals surface area contributed by atoms with Gasteiger partial charge in [0.2, 0.25) is 0 Å². The van der Waals surface area contributed by atoms with Crippen LogP contribution in [0.2, 0.25) is 0 Å². The highest BCUT2D eigenvalue weighted by atomic mass is 16.7. The molecule has 0 saturated heterocycles. The van der Waals surface area contributed by atoms with Crippen LogP contribution in [0.4, 0.5) is 11.6 Å². The average molecular weight is 240 g/mol. The Morgan fingerprint density at radius 2 is 1.69 bits per heavy atom. The van der Waals surface area contributed by atoms with Gasteiger partial charge in [-0.3, -0.25) is 10.1 Å². The summed E-state index contributed by atoms with van der Waals surface area (Å²) in [6.45, 7) is 0. The smallest absolute Gasteiger partial charge is 0.351 e. The van der Waals surface area contributed by atoms with Gasteiger partial charge in [-0.05, 0) is 4.92 Å². The van der Waals surface area contributed by atoms with E-state index in [0.717, 1.165) is 0 Å². The van der Waals surface area contributed by atoms with Crippen molar-refractivity contribution in [2.75, 3.05) is 0 Å². The topological polar surface area (TPSA) is 236 Å². The molecule has 1 rings (SSSR count). The number of quaternary nitrogens is 2. The standard InChI is InChI=1S/C2N6O4.2H4NO/c9-7(10)2-1(3-6-4-2)5-8(11)12;2*1-2/h;2*2H,1H3/q-2;2*+1. The summed E-state index contributed by atoms with van der Waals surface area (Å²) in [7, 11) is 0. The van der Waals surface area contributed by atoms with E-state index in [9.17, 15) is 20.2 Å². The first-order chi connectivity index (χ1) is 7.61. The molecule has 14 heteroatoms. The summed E-state index contributed by atoms with van der Waals surface area (Å²) >= 11 is 0. The van der Waals surface area contributed by atoms with Crippen LogP contribution in [0.1, 0.15) is 0 Å². The number of hydrogen-bond acceptors (Lipinski definition) is 8. The SMILES string of the molecule is O=[N+]([O-])[N-]c1n[n-]nc1[N+](=O)[O-].[NH3+]O.[NH3+]O. The Morgan fingerprint density at radius 1 is 1.19 bits per heavy atom. The third-order valence-corrected chi connectivity index (χ3v) is 0.828. The fourth-order valence-corrected chi connectivity index (χ4v) is 0.457. The molecule has 0 aliphatic carbocycles. The van der Waals surface area contributed by atoms with E-state index in [-0.39, 0.29) is 0 Å². The molecule has 0 bridgehead atoms. The van der Waals surface area contributed by atoms with E-state index in [2.05, 4.69) is 32.6 Å². The van der Waals surface area contributed by atoms with Gasteiger partial charge in [0, 0.05) is 0 Å². The van der Waals surface area contributed by atoms with Crippen molar-refractivity contribution in [2.24, 2.45) is 0 Å². The van der Waals surface area contributed by atoms with Gasteiger partial charge in [-0.15, -0.1) is 10.5 Å². The second-order valence-electron chi connectivity index (χ2n) is 1.53. The molecule has 0 aliphatic rings. The van der Waals surface area contributed by atoms with E-state index < -0.39 is 21.6 Å². The van der Waals surface area contributed by atoms with Crippen molar-refractivity contribution in [2.45, 2.75) is 0 Å². The van der Waals surface area contributed by atoms with Crippen molar-refractivity contribution >= 4 is 11.6 Å². The molecule has 0 spiro atoms. The third-order valence-electron chi connectivity index (χ3n) is 0.828. The van der Waals surface area contributed by atoms with Crippen LogP contribution in [-0.2, 0) is 0 Å². The molecule has 0 amide bonds. The zero-order chi connectivity index (χ0) is 13.1. The minimum Gasteiger partial charge on any atom is -0.531 e. The highest BCUT2D eigenvalue weighted by Gasteiger charge is 2.09. The summed E-state index contributed by atoms with van der Waals surface area (Å²) in [4.78, 5) is 18.9. The predicted molar refractivity (Wildman–Crippen MR) is 41.4 cm³/mol. The van der Waals surface area contributed by atoms with Crippen LogP contribution in [-0.4, -0.2) is 30.6 Å². The zero-order valence-corrected chi connectivity index (χ0v) is 7.62. The summed E-state index contributed by atoms with van der Waals surface area (Å²) in [5.41, 5.74) is 2.59. The van der Waals surface area contributed by atoms with Crippen molar-refractivity contribution in [1.29, 1.82) is 0 Å². The van der Waals surface area contributed by atoms with Crippen LogP contribution in [0, 0.1) is 20.2 Å². The minimum absolute atomic E-state index is 0.704. The van der Waals surface area contributed by atoms with Gasteiger partial charge in [-0.1, -0.05) is 0 Å². The van der Waals surface area contributed by atoms with Gasteiger partial charge >= 0.3 is 5.82 Å². The largest absolute Gasteiger partial charge is 0.531 e. The molecular formula is C2H8N8O6. The van der Waals surface area contributed by atoms with Crippen molar-refractivity contribution in [3.8, 4) is 0 Å². The summed E-state index contributed by atoms with van der Waals surface area (Å²) in [6, 6.07) is 0. The maximum absolute atomic E-state index is 10.0. The Bertz CT molecular complexity index is 322. The Labute approximate surface area is 86.0 Å². The number of nitro groups is 2. The predicted octanol–water partition coefficient (Wildman–Crippen LogP) is -3.23. The molecule has 0 saturated carbocycles. The maximum Gasteiger partial charge on any atom is 0.351 e. The van der Waals surface area contributed by atoms with Crippen molar-refractivity contribution in [3.05, 3.63) is 25.7 Å². The van der Waals surface area contributed by atoms with Crippen LogP contribution >= 0.6 is 0 Å². The fraction of sp³-hybridized carbons (Fsp3) is 0. The van der Waals surface area contributed by atoms with E-state index in [1.165, 1.54) is 0 Å². The first-order valence-corrected chi connectivity index (χ1v) is 3.11. The monoisotopic (exact) mass is 240 g/mol. The quantitative estimate of drug-likeness (QED) is 0.306. The minimum atomic E-state index is -1.11. The van der Waals surface area contributed by atoms with Gasteiger partial charge in [0.05, 0.1) is 10.9 Å². The van der Waals surface area contributed by atoms with E-state index in [1.54, 1.807) is 0 Å². The maximum atomic E-state index is 10.0. The molecule has 14 nitrogen and oxygen atoms in total. The lowest BCUT2D eigenvalue weighted by molar-refractivity contribution is -0.670. The highest BCUT2D eigenvalue weighted by Crippen LogP contribution is 2.23. The van der Waals surface area contributed by atoms with Crippen molar-refractivity contribution in [3.63, 3.8) is 0 Å². The van der Waals surface area contributed by atoms with Gasteiger partial charge in [0.25, 0.3) is 0 Å². The molecule has 1 aromatic heterocycles. The number of aromatic nitrogens is 3. The molecule has 1 heterocycles. The van der Waals surface area contributed by atoms with Gasteiger partial charge in [-0.25, -0.2) is 22.2 Å². The summed E-state index contributed by atoms with van der Waals surface area (Å²) in [6.07, 6.45) is 0. The van der Waals surface area contributed by atoms with Crippen LogP contribution < -0.4 is 17.0 Å². The second kappa shape index (κ2) is 9.15. The molecule has 16 heavy (non-hydrogen) atoms. The van der Waals surface area contributed by atoms with E-state index in [1.807, 2.05) is 0 Å². The molecule has 0 fully saturated rings. The summed E-state index contributed by atoms with van der Waals surface area (Å²) in [5, 5.41) is 40.9. The van der Waals surface area contributed by atoms with Crippen LogP contribution in [0.15, 0.2) is 0 Å². The zero-order valence-electron chi connectivity index (χ0n) is 7.62. The van der Waals surface area contributed by atoms with E-state index in [0.29, 0.717) is 0 Å². The Morgan fingerprint density at radius 3 is 2.06 bits per heavy atom. The molecule has 1 aromatic rings. The first-order valence-electron chi connectivity index (χ1n) is 3.11. The lowest BCUT2D eigenvalue weighted by Crippen LogP contribution is -2.42. The second-order valence-corrected chi connectivity index (χ2v) is 1.53. The van der Waals surface area contributed by atoms with Gasteiger partial charge in [-0.2, -0.15) is 0 Å². The molecule has 0 atom stereocenters. The lowest BCUT2D eigenvalue weighted by Gasteiger charge is -2.00. The first kappa shape index (κ1) is 16.0. The number of nitrogens with zero attached hydrogens (tertiary/aromatic N) is 6. The van der Waals surface area contributed by atoms with E-state index >= 15 is 0 Å². The fourth-order valence-electron chi connectivity index (χ4n) is 0.457. The molecule has 0 aliphatic heterocycles. The summed E-state index contributed by atoms with van der Waals surface area (Å²) < 4.78 is 0. The van der Waals surface area contributed by atoms with Crippen molar-refractivity contribution < 1.29 is 32.2 Å². The normalized spacial score (nSPS) is 7.75. The molecule has 8 N–H and O–H groups in total.